The first-order valence-electron chi connectivity index (χ1n) is 14.7. The van der Waals surface area contributed by atoms with E-state index in [1.54, 1.807) is 0 Å². The van der Waals surface area contributed by atoms with Gasteiger partial charge in [-0.2, -0.15) is 0 Å². The van der Waals surface area contributed by atoms with Gasteiger partial charge in [-0.3, -0.25) is 9.59 Å². The van der Waals surface area contributed by atoms with Crippen LogP contribution in [-0.4, -0.2) is 48.5 Å². The number of nitrogens with one attached hydrogen (secondary N) is 2. The minimum Gasteiger partial charge on any atom is -0.445 e. The maximum absolute atomic E-state index is 13.5. The third-order valence-corrected chi connectivity index (χ3v) is 8.04. The number of nitrogens with zero attached hydrogens (tertiary/aromatic N) is 1. The van der Waals surface area contributed by atoms with Crippen molar-refractivity contribution in [3.8, 4) is 0 Å². The van der Waals surface area contributed by atoms with Crippen molar-refractivity contribution in [1.29, 1.82) is 0 Å². The van der Waals surface area contributed by atoms with Crippen molar-refractivity contribution in [2.24, 2.45) is 11.8 Å². The molecule has 1 aliphatic carbocycles. The standard InChI is InChI=1S/C32H43N3O4/c36-30(28-15-7-8-16-28)33-20-10-9-17-29(34-32(38)39-24-27-13-5-2-6-14-27)31(37)35-21-18-26(19-22-35)23-25-11-3-1-4-12-25/h1-6,11-14,26,28-29H,7-10,15-24H2,(H,33,36)(H,34,38). The number of benzene rings is 2. The molecule has 1 unspecified atom stereocenters. The van der Waals surface area contributed by atoms with Crippen molar-refractivity contribution in [2.75, 3.05) is 19.6 Å². The van der Waals surface area contributed by atoms with E-state index in [1.165, 1.54) is 5.56 Å². The van der Waals surface area contributed by atoms with Crippen LogP contribution in [0.4, 0.5) is 4.79 Å². The Morgan fingerprint density at radius 3 is 2.15 bits per heavy atom. The van der Waals surface area contributed by atoms with E-state index in [2.05, 4.69) is 34.9 Å². The molecule has 1 atom stereocenters. The Kier molecular flexibility index (Phi) is 11.2. The molecular formula is C32H43N3O4. The number of amides is 3. The Hall–Kier alpha value is -3.35. The normalized spacial score (nSPS) is 17.0. The molecule has 7 nitrogen and oxygen atoms in total. The molecule has 4 rings (SSSR count). The zero-order valence-corrected chi connectivity index (χ0v) is 23.0. The summed E-state index contributed by atoms with van der Waals surface area (Å²) in [5, 5.41) is 5.89. The summed E-state index contributed by atoms with van der Waals surface area (Å²) < 4.78 is 5.42. The highest BCUT2D eigenvalue weighted by Gasteiger charge is 2.30. The summed E-state index contributed by atoms with van der Waals surface area (Å²) in [6, 6.07) is 19.4. The van der Waals surface area contributed by atoms with E-state index in [0.717, 1.165) is 63.4 Å². The molecule has 0 radical (unpaired) electrons. The highest BCUT2D eigenvalue weighted by molar-refractivity contribution is 5.85. The molecule has 0 bridgehead atoms. The number of carbonyl (C=O) groups excluding carboxylic acids is 3. The lowest BCUT2D eigenvalue weighted by Gasteiger charge is -2.34. The molecule has 210 valence electrons. The summed E-state index contributed by atoms with van der Waals surface area (Å²) >= 11 is 0. The molecule has 2 N–H and O–H groups in total. The summed E-state index contributed by atoms with van der Waals surface area (Å²) in [5.74, 6) is 0.827. The van der Waals surface area contributed by atoms with Crippen LogP contribution in [0.2, 0.25) is 0 Å². The Labute approximate surface area is 232 Å². The average molecular weight is 534 g/mol. The Morgan fingerprint density at radius 1 is 0.846 bits per heavy atom. The smallest absolute Gasteiger partial charge is 0.408 e. The van der Waals surface area contributed by atoms with E-state index in [1.807, 2.05) is 41.3 Å². The van der Waals surface area contributed by atoms with Gasteiger partial charge >= 0.3 is 6.09 Å². The summed E-state index contributed by atoms with van der Waals surface area (Å²) in [4.78, 5) is 40.3. The minimum atomic E-state index is -0.635. The van der Waals surface area contributed by atoms with E-state index in [-0.39, 0.29) is 24.3 Å². The Balaban J connectivity index is 1.25. The number of hydrogen-bond acceptors (Lipinski definition) is 4. The van der Waals surface area contributed by atoms with E-state index < -0.39 is 12.1 Å². The molecule has 0 aromatic heterocycles. The van der Waals surface area contributed by atoms with Crippen LogP contribution in [0.3, 0.4) is 0 Å². The van der Waals surface area contributed by atoms with Crippen LogP contribution in [0.5, 0.6) is 0 Å². The fourth-order valence-corrected chi connectivity index (χ4v) is 5.71. The number of hydrogen-bond donors (Lipinski definition) is 2. The van der Waals surface area contributed by atoms with Gasteiger partial charge in [-0.05, 0) is 68.4 Å². The van der Waals surface area contributed by atoms with Crippen LogP contribution >= 0.6 is 0 Å². The zero-order chi connectivity index (χ0) is 27.3. The molecule has 7 heteroatoms. The first-order valence-corrected chi connectivity index (χ1v) is 14.7. The minimum absolute atomic E-state index is 0.0418. The molecular weight excluding hydrogens is 490 g/mol. The van der Waals surface area contributed by atoms with E-state index in [0.29, 0.717) is 32.0 Å². The van der Waals surface area contributed by atoms with Gasteiger partial charge in [-0.1, -0.05) is 73.5 Å². The van der Waals surface area contributed by atoms with Gasteiger partial charge in [0.2, 0.25) is 11.8 Å². The Bertz CT molecular complexity index is 1030. The second-order valence-electron chi connectivity index (χ2n) is 11.0. The van der Waals surface area contributed by atoms with Gasteiger partial charge in [0, 0.05) is 25.6 Å². The van der Waals surface area contributed by atoms with E-state index >= 15 is 0 Å². The molecule has 0 spiro atoms. The molecule has 39 heavy (non-hydrogen) atoms. The first-order chi connectivity index (χ1) is 19.1. The Morgan fingerprint density at radius 2 is 1.49 bits per heavy atom. The topological polar surface area (TPSA) is 87.7 Å². The van der Waals surface area contributed by atoms with Gasteiger partial charge in [-0.25, -0.2) is 4.79 Å². The highest BCUT2D eigenvalue weighted by Crippen LogP contribution is 2.25. The number of alkyl carbamates (subject to hydrolysis) is 1. The lowest BCUT2D eigenvalue weighted by Crippen LogP contribution is -2.51. The number of likely N-dealkylation sites (tertiary alicyclic amines) is 1. The summed E-state index contributed by atoms with van der Waals surface area (Å²) in [5.41, 5.74) is 2.23. The molecule has 3 amide bonds. The summed E-state index contributed by atoms with van der Waals surface area (Å²) in [6.07, 6.45) is 8.62. The second-order valence-corrected chi connectivity index (χ2v) is 11.0. The zero-order valence-electron chi connectivity index (χ0n) is 23.0. The number of piperidine rings is 1. The third-order valence-electron chi connectivity index (χ3n) is 8.04. The predicted octanol–water partition coefficient (Wildman–Crippen LogP) is 5.24. The van der Waals surface area contributed by atoms with Gasteiger partial charge in [-0.15, -0.1) is 0 Å². The fraction of sp³-hybridized carbons (Fsp3) is 0.531. The first kappa shape index (κ1) is 28.7. The molecule has 2 aromatic carbocycles. The van der Waals surface area contributed by atoms with Crippen LogP contribution in [-0.2, 0) is 27.4 Å². The van der Waals surface area contributed by atoms with E-state index in [9.17, 15) is 14.4 Å². The van der Waals surface area contributed by atoms with Gasteiger partial charge in [0.15, 0.2) is 0 Å². The maximum atomic E-state index is 13.5. The molecule has 1 aliphatic heterocycles. The molecule has 1 heterocycles. The lowest BCUT2D eigenvalue weighted by atomic mass is 9.90. The molecule has 1 saturated heterocycles. The fourth-order valence-electron chi connectivity index (χ4n) is 5.71. The van der Waals surface area contributed by atoms with Crippen molar-refractivity contribution in [3.63, 3.8) is 0 Å². The molecule has 1 saturated carbocycles. The summed E-state index contributed by atoms with van der Waals surface area (Å²) in [7, 11) is 0. The summed E-state index contributed by atoms with van der Waals surface area (Å²) in [6.45, 7) is 2.15. The highest BCUT2D eigenvalue weighted by atomic mass is 16.5. The van der Waals surface area contributed by atoms with Crippen LogP contribution in [0, 0.1) is 11.8 Å². The van der Waals surface area contributed by atoms with Gasteiger partial charge in [0.05, 0.1) is 0 Å². The number of carbonyl (C=O) groups is 3. The maximum Gasteiger partial charge on any atom is 0.408 e. The number of rotatable bonds is 12. The molecule has 2 fully saturated rings. The van der Waals surface area contributed by atoms with Crippen molar-refractivity contribution in [2.45, 2.75) is 76.9 Å². The number of unbranched alkanes of at least 4 members (excludes halogenated alkanes) is 1. The van der Waals surface area contributed by atoms with Gasteiger partial charge in [0.25, 0.3) is 0 Å². The van der Waals surface area contributed by atoms with Crippen molar-refractivity contribution < 1.29 is 19.1 Å². The second kappa shape index (κ2) is 15.3. The van der Waals surface area contributed by atoms with Crippen molar-refractivity contribution >= 4 is 17.9 Å². The van der Waals surface area contributed by atoms with Gasteiger partial charge < -0.3 is 20.3 Å². The lowest BCUT2D eigenvalue weighted by molar-refractivity contribution is -0.135. The molecule has 2 aromatic rings. The average Bonchev–Trinajstić information content (AvgIpc) is 3.52. The third kappa shape index (κ3) is 9.41. The van der Waals surface area contributed by atoms with Crippen molar-refractivity contribution in [3.05, 3.63) is 71.8 Å². The van der Waals surface area contributed by atoms with Crippen LogP contribution in [0.15, 0.2) is 60.7 Å². The quantitative estimate of drug-likeness (QED) is 0.365. The SMILES string of the molecule is O=C(NC(CCCCNC(=O)C1CCCC1)C(=O)N1CCC(Cc2ccccc2)CC1)OCc1ccccc1. The van der Waals surface area contributed by atoms with E-state index in [4.69, 9.17) is 4.74 Å². The molecule has 2 aliphatic rings. The van der Waals surface area contributed by atoms with Gasteiger partial charge in [0.1, 0.15) is 12.6 Å². The van der Waals surface area contributed by atoms with Crippen LogP contribution in [0.1, 0.15) is 68.9 Å². The van der Waals surface area contributed by atoms with Crippen molar-refractivity contribution in [1.82, 2.24) is 15.5 Å². The largest absolute Gasteiger partial charge is 0.445 e. The van der Waals surface area contributed by atoms with Crippen LogP contribution in [0.25, 0.3) is 0 Å². The monoisotopic (exact) mass is 533 g/mol. The predicted molar refractivity (Wildman–Crippen MR) is 152 cm³/mol. The van der Waals surface area contributed by atoms with Crippen LogP contribution < -0.4 is 10.6 Å². The number of ether oxygens (including phenoxy) is 1.